The van der Waals surface area contributed by atoms with Crippen LogP contribution in [0.2, 0.25) is 0 Å². The highest BCUT2D eigenvalue weighted by molar-refractivity contribution is 5.94. The molecule has 0 aliphatic rings. The molecule has 1 amide bonds. The van der Waals surface area contributed by atoms with Gasteiger partial charge in [0.15, 0.2) is 0 Å². The summed E-state index contributed by atoms with van der Waals surface area (Å²) in [4.78, 5) is 11.9. The fourth-order valence-corrected chi connectivity index (χ4v) is 1.90. The maximum absolute atomic E-state index is 13.2. The van der Waals surface area contributed by atoms with Crippen molar-refractivity contribution in [3.63, 3.8) is 0 Å². The molecule has 100 valence electrons. The molecule has 0 heterocycles. The summed E-state index contributed by atoms with van der Waals surface area (Å²) >= 11 is 0. The van der Waals surface area contributed by atoms with Crippen molar-refractivity contribution in [2.24, 2.45) is 0 Å². The number of amides is 1. The number of benzene rings is 2. The van der Waals surface area contributed by atoms with Gasteiger partial charge in [0.25, 0.3) is 5.91 Å². The minimum absolute atomic E-state index is 0.291. The molecular weight excluding hydrogens is 255 g/mol. The van der Waals surface area contributed by atoms with Crippen molar-refractivity contribution in [2.75, 3.05) is 0 Å². The van der Waals surface area contributed by atoms with E-state index in [-0.39, 0.29) is 5.91 Å². The van der Waals surface area contributed by atoms with E-state index in [2.05, 4.69) is 5.32 Å². The maximum Gasteiger partial charge on any atom is 0.251 e. The van der Waals surface area contributed by atoms with E-state index in [1.165, 1.54) is 12.1 Å². The number of nitrogens with one attached hydrogen (secondary N) is 1. The van der Waals surface area contributed by atoms with Crippen molar-refractivity contribution >= 4 is 5.91 Å². The van der Waals surface area contributed by atoms with Crippen LogP contribution in [0.5, 0.6) is 0 Å². The monoisotopic (exact) mass is 268 g/mol. The van der Waals surface area contributed by atoms with Crippen LogP contribution >= 0.6 is 0 Å². The average Bonchev–Trinajstić information content (AvgIpc) is 2.44. The van der Waals surface area contributed by atoms with Crippen molar-refractivity contribution in [3.8, 4) is 6.07 Å². The second-order valence-electron chi connectivity index (χ2n) is 4.51. The molecule has 1 N–H and O–H groups in total. The Bertz CT molecular complexity index is 669. The molecule has 0 aliphatic carbocycles. The molecule has 0 aromatic heterocycles. The number of nitriles is 1. The van der Waals surface area contributed by atoms with Gasteiger partial charge in [0, 0.05) is 12.1 Å². The number of carbonyl (C=O) groups is 1. The van der Waals surface area contributed by atoms with Gasteiger partial charge in [0.05, 0.1) is 11.6 Å². The van der Waals surface area contributed by atoms with Gasteiger partial charge in [-0.1, -0.05) is 12.1 Å². The van der Waals surface area contributed by atoms with Crippen LogP contribution in [0.1, 0.15) is 27.0 Å². The third kappa shape index (κ3) is 3.42. The summed E-state index contributed by atoms with van der Waals surface area (Å²) in [6.07, 6.45) is 0. The Kier molecular flexibility index (Phi) is 4.11. The molecule has 0 unspecified atom stereocenters. The highest BCUT2D eigenvalue weighted by Gasteiger charge is 2.07. The molecule has 2 aromatic rings. The van der Waals surface area contributed by atoms with Crippen LogP contribution in [0.15, 0.2) is 42.5 Å². The molecule has 2 aromatic carbocycles. The predicted octanol–water partition coefficient (Wildman–Crippen LogP) is 2.94. The van der Waals surface area contributed by atoms with Gasteiger partial charge in [-0.2, -0.15) is 5.26 Å². The minimum atomic E-state index is -0.429. The molecule has 0 aliphatic heterocycles. The molecule has 4 heteroatoms. The SMILES string of the molecule is Cc1cc(F)cc(C(=O)NCc2cccc(C#N)c2)c1. The first-order valence-corrected chi connectivity index (χ1v) is 6.13. The zero-order valence-electron chi connectivity index (χ0n) is 11.0. The van der Waals surface area contributed by atoms with E-state index in [1.54, 1.807) is 31.2 Å². The number of hydrogen-bond acceptors (Lipinski definition) is 2. The maximum atomic E-state index is 13.2. The van der Waals surface area contributed by atoms with Crippen LogP contribution in [0, 0.1) is 24.1 Å². The van der Waals surface area contributed by atoms with Gasteiger partial charge in [0.1, 0.15) is 5.82 Å². The summed E-state index contributed by atoms with van der Waals surface area (Å²) in [5.41, 5.74) is 2.35. The number of hydrogen-bond donors (Lipinski definition) is 1. The van der Waals surface area contributed by atoms with Gasteiger partial charge < -0.3 is 5.32 Å². The zero-order chi connectivity index (χ0) is 14.5. The Morgan fingerprint density at radius 3 is 2.80 bits per heavy atom. The van der Waals surface area contributed by atoms with Crippen molar-refractivity contribution in [1.82, 2.24) is 5.32 Å². The molecule has 20 heavy (non-hydrogen) atoms. The standard InChI is InChI=1S/C16H13FN2O/c1-11-5-14(8-15(17)6-11)16(20)19-10-13-4-2-3-12(7-13)9-18/h2-8H,10H2,1H3,(H,19,20). The largest absolute Gasteiger partial charge is 0.348 e. The number of aryl methyl sites for hydroxylation is 1. The lowest BCUT2D eigenvalue weighted by Crippen LogP contribution is -2.23. The summed E-state index contributed by atoms with van der Waals surface area (Å²) in [5.74, 6) is -0.767. The van der Waals surface area contributed by atoms with Crippen molar-refractivity contribution in [3.05, 3.63) is 70.5 Å². The van der Waals surface area contributed by atoms with E-state index in [9.17, 15) is 9.18 Å². The van der Waals surface area contributed by atoms with Crippen LogP contribution in [0.25, 0.3) is 0 Å². The second-order valence-corrected chi connectivity index (χ2v) is 4.51. The van der Waals surface area contributed by atoms with Crippen LogP contribution in [0.4, 0.5) is 4.39 Å². The Balaban J connectivity index is 2.06. The number of halogens is 1. The summed E-state index contributed by atoms with van der Waals surface area (Å²) in [6.45, 7) is 2.03. The van der Waals surface area contributed by atoms with Crippen LogP contribution in [-0.2, 0) is 6.54 Å². The highest BCUT2D eigenvalue weighted by atomic mass is 19.1. The van der Waals surface area contributed by atoms with E-state index in [0.29, 0.717) is 23.2 Å². The first-order valence-electron chi connectivity index (χ1n) is 6.13. The van der Waals surface area contributed by atoms with E-state index in [0.717, 1.165) is 5.56 Å². The zero-order valence-corrected chi connectivity index (χ0v) is 11.0. The summed E-state index contributed by atoms with van der Waals surface area (Å²) in [7, 11) is 0. The Morgan fingerprint density at radius 2 is 2.10 bits per heavy atom. The molecule has 2 rings (SSSR count). The molecule has 0 atom stereocenters. The molecule has 0 saturated carbocycles. The van der Waals surface area contributed by atoms with Gasteiger partial charge in [0.2, 0.25) is 0 Å². The molecule has 0 spiro atoms. The van der Waals surface area contributed by atoms with Crippen molar-refractivity contribution in [2.45, 2.75) is 13.5 Å². The van der Waals surface area contributed by atoms with E-state index >= 15 is 0 Å². The predicted molar refractivity (Wildman–Crippen MR) is 73.5 cm³/mol. The lowest BCUT2D eigenvalue weighted by molar-refractivity contribution is 0.0950. The average molecular weight is 268 g/mol. The number of rotatable bonds is 3. The second kappa shape index (κ2) is 5.98. The Morgan fingerprint density at radius 1 is 1.30 bits per heavy atom. The van der Waals surface area contributed by atoms with Crippen LogP contribution in [0.3, 0.4) is 0 Å². The van der Waals surface area contributed by atoms with Gasteiger partial charge in [-0.05, 0) is 48.4 Å². The van der Waals surface area contributed by atoms with E-state index < -0.39 is 5.82 Å². The first-order chi connectivity index (χ1) is 9.58. The fraction of sp³-hybridized carbons (Fsp3) is 0.125. The quantitative estimate of drug-likeness (QED) is 0.930. The highest BCUT2D eigenvalue weighted by Crippen LogP contribution is 2.09. The lowest BCUT2D eigenvalue weighted by atomic mass is 10.1. The normalized spacial score (nSPS) is 9.85. The fourth-order valence-electron chi connectivity index (χ4n) is 1.90. The third-order valence-corrected chi connectivity index (χ3v) is 2.81. The third-order valence-electron chi connectivity index (χ3n) is 2.81. The van der Waals surface area contributed by atoms with Crippen molar-refractivity contribution in [1.29, 1.82) is 5.26 Å². The summed E-state index contributed by atoms with van der Waals surface area (Å²) < 4.78 is 13.2. The molecular formula is C16H13FN2O. The van der Waals surface area contributed by atoms with E-state index in [1.807, 2.05) is 12.1 Å². The van der Waals surface area contributed by atoms with Gasteiger partial charge in [-0.25, -0.2) is 4.39 Å². The lowest BCUT2D eigenvalue weighted by Gasteiger charge is -2.06. The Labute approximate surface area is 116 Å². The molecule has 3 nitrogen and oxygen atoms in total. The minimum Gasteiger partial charge on any atom is -0.348 e. The van der Waals surface area contributed by atoms with Gasteiger partial charge in [-0.15, -0.1) is 0 Å². The number of nitrogens with zero attached hydrogens (tertiary/aromatic N) is 1. The molecule has 0 fully saturated rings. The van der Waals surface area contributed by atoms with Crippen LogP contribution < -0.4 is 5.32 Å². The van der Waals surface area contributed by atoms with Crippen LogP contribution in [-0.4, -0.2) is 5.91 Å². The van der Waals surface area contributed by atoms with E-state index in [4.69, 9.17) is 5.26 Å². The molecule has 0 saturated heterocycles. The summed E-state index contributed by atoms with van der Waals surface area (Å²) in [6, 6.07) is 13.2. The topological polar surface area (TPSA) is 52.9 Å². The summed E-state index contributed by atoms with van der Waals surface area (Å²) in [5, 5.41) is 11.5. The van der Waals surface area contributed by atoms with Crippen molar-refractivity contribution < 1.29 is 9.18 Å². The number of carbonyl (C=O) groups excluding carboxylic acids is 1. The Hall–Kier alpha value is -2.67. The first kappa shape index (κ1) is 13.8. The molecule has 0 radical (unpaired) electrons. The molecule has 0 bridgehead atoms. The van der Waals surface area contributed by atoms with Gasteiger partial charge >= 0.3 is 0 Å². The smallest absolute Gasteiger partial charge is 0.251 e. The van der Waals surface area contributed by atoms with Gasteiger partial charge in [-0.3, -0.25) is 4.79 Å².